The Labute approximate surface area is 103 Å². The van der Waals surface area contributed by atoms with E-state index in [0.29, 0.717) is 0 Å². The summed E-state index contributed by atoms with van der Waals surface area (Å²) < 4.78 is 1.73. The third-order valence-corrected chi connectivity index (χ3v) is 3.74. The second-order valence-electron chi connectivity index (χ2n) is 6.32. The minimum absolute atomic E-state index is 0.0962. The molecule has 0 atom stereocenters. The smallest absolute Gasteiger partial charge is 0.267 e. The molecule has 1 aliphatic carbocycles. The summed E-state index contributed by atoms with van der Waals surface area (Å²) in [6, 6.07) is 1.76. The van der Waals surface area contributed by atoms with Gasteiger partial charge in [0.15, 0.2) is 0 Å². The molecule has 0 aromatic carbocycles. The van der Waals surface area contributed by atoms with Gasteiger partial charge in [0.2, 0.25) is 0 Å². The van der Waals surface area contributed by atoms with E-state index < -0.39 is 0 Å². The summed E-state index contributed by atoms with van der Waals surface area (Å²) in [7, 11) is 0. The Balaban J connectivity index is 2.00. The highest BCUT2D eigenvalue weighted by Gasteiger charge is 2.18. The number of hydrogen-bond acceptors (Lipinski definition) is 1. The fourth-order valence-electron chi connectivity index (χ4n) is 2.73. The van der Waals surface area contributed by atoms with Crippen LogP contribution in [0.4, 0.5) is 0 Å². The van der Waals surface area contributed by atoms with Crippen LogP contribution in [0.1, 0.15) is 58.6 Å². The van der Waals surface area contributed by atoms with Crippen molar-refractivity contribution in [2.24, 2.45) is 5.92 Å². The lowest BCUT2D eigenvalue weighted by molar-refractivity contribution is 0.342. The summed E-state index contributed by atoms with van der Waals surface area (Å²) in [5.41, 5.74) is 1.04. The summed E-state index contributed by atoms with van der Waals surface area (Å²) in [5.74, 6) is 0.886. The third-order valence-electron chi connectivity index (χ3n) is 3.74. The lowest BCUT2D eigenvalue weighted by Gasteiger charge is -2.19. The molecule has 1 saturated carbocycles. The highest BCUT2D eigenvalue weighted by molar-refractivity contribution is 5.01. The topological polar surface area (TPSA) is 37.8 Å². The van der Waals surface area contributed by atoms with E-state index in [1.165, 1.54) is 32.1 Å². The molecule has 1 aromatic heterocycles. The molecule has 17 heavy (non-hydrogen) atoms. The van der Waals surface area contributed by atoms with Crippen molar-refractivity contribution < 1.29 is 0 Å². The van der Waals surface area contributed by atoms with Crippen molar-refractivity contribution in [2.45, 2.75) is 64.8 Å². The Morgan fingerprint density at radius 3 is 2.53 bits per heavy atom. The van der Waals surface area contributed by atoms with Crippen molar-refractivity contribution in [3.05, 3.63) is 22.1 Å². The molecule has 1 fully saturated rings. The summed E-state index contributed by atoms with van der Waals surface area (Å²) in [6.07, 6.45) is 7.79. The predicted molar refractivity (Wildman–Crippen MR) is 70.3 cm³/mol. The number of H-pyrrole nitrogens is 1. The van der Waals surface area contributed by atoms with Crippen LogP contribution in [0.15, 0.2) is 10.9 Å². The normalized spacial score (nSPS) is 17.8. The Morgan fingerprint density at radius 2 is 2.00 bits per heavy atom. The average molecular weight is 236 g/mol. The van der Waals surface area contributed by atoms with Gasteiger partial charge in [0, 0.05) is 11.8 Å². The number of aromatic nitrogens is 2. The number of hydrogen-bond donors (Lipinski definition) is 1. The molecule has 1 heterocycles. The molecule has 1 N–H and O–H groups in total. The zero-order chi connectivity index (χ0) is 12.5. The maximum Gasteiger partial charge on any atom is 0.267 e. The first-order chi connectivity index (χ1) is 7.97. The summed E-state index contributed by atoms with van der Waals surface area (Å²) in [5, 5.41) is 3.25. The fraction of sp³-hybridized carbons (Fsp3) is 0.786. The molecule has 0 spiro atoms. The van der Waals surface area contributed by atoms with Crippen molar-refractivity contribution in [2.75, 3.05) is 0 Å². The molecule has 2 rings (SSSR count). The maximum absolute atomic E-state index is 11.8. The first kappa shape index (κ1) is 12.5. The van der Waals surface area contributed by atoms with E-state index in [4.69, 9.17) is 0 Å². The molecule has 0 unspecified atom stereocenters. The molecule has 3 heteroatoms. The van der Waals surface area contributed by atoms with E-state index in [1.54, 1.807) is 10.7 Å². The van der Waals surface area contributed by atoms with Crippen LogP contribution in [-0.4, -0.2) is 9.78 Å². The van der Waals surface area contributed by atoms with E-state index in [1.807, 2.05) is 20.8 Å². The van der Waals surface area contributed by atoms with Crippen molar-refractivity contribution >= 4 is 0 Å². The van der Waals surface area contributed by atoms with Gasteiger partial charge in [-0.2, -0.15) is 0 Å². The highest BCUT2D eigenvalue weighted by atomic mass is 16.1. The van der Waals surface area contributed by atoms with Gasteiger partial charge in [0.25, 0.3) is 5.56 Å². The number of nitrogens with zero attached hydrogens (tertiary/aromatic N) is 1. The van der Waals surface area contributed by atoms with Gasteiger partial charge in [-0.15, -0.1) is 0 Å². The molecule has 96 valence electrons. The van der Waals surface area contributed by atoms with Gasteiger partial charge in [-0.1, -0.05) is 25.7 Å². The molecule has 0 radical (unpaired) electrons. The van der Waals surface area contributed by atoms with Crippen molar-refractivity contribution in [3.63, 3.8) is 0 Å². The SMILES string of the molecule is CC(C)(C)n1[nH]c(CCC2CCCC2)cc1=O. The fourth-order valence-corrected chi connectivity index (χ4v) is 2.73. The Morgan fingerprint density at radius 1 is 1.35 bits per heavy atom. The van der Waals surface area contributed by atoms with Crippen molar-refractivity contribution in [3.8, 4) is 0 Å². The number of aryl methyl sites for hydroxylation is 1. The molecule has 1 aromatic rings. The Hall–Kier alpha value is -0.990. The molecule has 0 saturated heterocycles. The van der Waals surface area contributed by atoms with Crippen LogP contribution >= 0.6 is 0 Å². The minimum Gasteiger partial charge on any atom is -0.299 e. The van der Waals surface area contributed by atoms with Gasteiger partial charge < -0.3 is 0 Å². The van der Waals surface area contributed by atoms with Crippen LogP contribution in [0.25, 0.3) is 0 Å². The van der Waals surface area contributed by atoms with E-state index in [9.17, 15) is 4.79 Å². The first-order valence-corrected chi connectivity index (χ1v) is 6.78. The zero-order valence-electron chi connectivity index (χ0n) is 11.3. The van der Waals surface area contributed by atoms with Gasteiger partial charge >= 0.3 is 0 Å². The largest absolute Gasteiger partial charge is 0.299 e. The van der Waals surface area contributed by atoms with E-state index >= 15 is 0 Å². The van der Waals surface area contributed by atoms with Gasteiger partial charge in [0.1, 0.15) is 0 Å². The van der Waals surface area contributed by atoms with Crippen LogP contribution in [0.2, 0.25) is 0 Å². The van der Waals surface area contributed by atoms with Crippen LogP contribution in [0.5, 0.6) is 0 Å². The molecule has 3 nitrogen and oxygen atoms in total. The first-order valence-electron chi connectivity index (χ1n) is 6.78. The molecule has 0 bridgehead atoms. The number of aromatic amines is 1. The van der Waals surface area contributed by atoms with Gasteiger partial charge in [-0.05, 0) is 39.5 Å². The van der Waals surface area contributed by atoms with E-state index in [2.05, 4.69) is 5.10 Å². The molecular formula is C14H24N2O. The quantitative estimate of drug-likeness (QED) is 0.860. The second kappa shape index (κ2) is 4.71. The highest BCUT2D eigenvalue weighted by Crippen LogP contribution is 2.28. The molecular weight excluding hydrogens is 212 g/mol. The minimum atomic E-state index is -0.150. The third kappa shape index (κ3) is 3.02. The lowest BCUT2D eigenvalue weighted by Crippen LogP contribution is -2.32. The monoisotopic (exact) mass is 236 g/mol. The van der Waals surface area contributed by atoms with E-state index in [0.717, 1.165) is 18.0 Å². The summed E-state index contributed by atoms with van der Waals surface area (Å²) in [4.78, 5) is 11.8. The number of rotatable bonds is 3. The van der Waals surface area contributed by atoms with Crippen LogP contribution in [0.3, 0.4) is 0 Å². The maximum atomic E-state index is 11.8. The van der Waals surface area contributed by atoms with Crippen molar-refractivity contribution in [1.82, 2.24) is 9.78 Å². The lowest BCUT2D eigenvalue weighted by atomic mass is 10.0. The number of nitrogens with one attached hydrogen (secondary N) is 1. The Kier molecular flexibility index (Phi) is 3.45. The molecule has 0 amide bonds. The molecule has 1 aliphatic rings. The summed E-state index contributed by atoms with van der Waals surface area (Å²) >= 11 is 0. The van der Waals surface area contributed by atoms with Crippen LogP contribution in [0, 0.1) is 5.92 Å². The van der Waals surface area contributed by atoms with Gasteiger partial charge in [0.05, 0.1) is 5.54 Å². The van der Waals surface area contributed by atoms with Crippen LogP contribution < -0.4 is 5.56 Å². The summed E-state index contributed by atoms with van der Waals surface area (Å²) in [6.45, 7) is 6.14. The zero-order valence-corrected chi connectivity index (χ0v) is 11.3. The van der Waals surface area contributed by atoms with Crippen molar-refractivity contribution in [1.29, 1.82) is 0 Å². The Bertz CT molecular complexity index is 416. The molecule has 0 aliphatic heterocycles. The van der Waals surface area contributed by atoms with Gasteiger partial charge in [-0.25, -0.2) is 4.68 Å². The predicted octanol–water partition coefficient (Wildman–Crippen LogP) is 3.05. The standard InChI is InChI=1S/C14H24N2O/c1-14(2,3)16-13(17)10-12(15-16)9-8-11-6-4-5-7-11/h10-11,15H,4-9H2,1-3H3. The van der Waals surface area contributed by atoms with Crippen LogP contribution in [-0.2, 0) is 12.0 Å². The van der Waals surface area contributed by atoms with E-state index in [-0.39, 0.29) is 11.1 Å². The van der Waals surface area contributed by atoms with Gasteiger partial charge in [-0.3, -0.25) is 9.89 Å². The average Bonchev–Trinajstić information content (AvgIpc) is 2.82. The second-order valence-corrected chi connectivity index (χ2v) is 6.32.